The van der Waals surface area contributed by atoms with Gasteiger partial charge in [0.1, 0.15) is 0 Å². The van der Waals surface area contributed by atoms with Gasteiger partial charge in [0.25, 0.3) is 0 Å². The normalized spacial score (nSPS) is 14.6. The molecule has 0 N–H and O–H groups in total. The first kappa shape index (κ1) is 14.3. The van der Waals surface area contributed by atoms with Crippen molar-refractivity contribution >= 4 is 0 Å². The zero-order chi connectivity index (χ0) is 12.7. The molecule has 0 fully saturated rings. The van der Waals surface area contributed by atoms with Crippen LogP contribution in [0.25, 0.3) is 0 Å². The zero-order valence-corrected chi connectivity index (χ0v) is 12.1. The third-order valence-electron chi connectivity index (χ3n) is 4.08. The van der Waals surface area contributed by atoms with E-state index in [-0.39, 0.29) is 0 Å². The Hall–Kier alpha value is -0.780. The Kier molecular flexibility index (Phi) is 5.74. The molecule has 1 aromatic rings. The summed E-state index contributed by atoms with van der Waals surface area (Å²) in [4.78, 5) is 0. The first-order valence-electron chi connectivity index (χ1n) is 7.19. The van der Waals surface area contributed by atoms with E-state index in [2.05, 4.69) is 52.0 Å². The Labute approximate surface area is 107 Å². The fourth-order valence-corrected chi connectivity index (χ4v) is 2.49. The van der Waals surface area contributed by atoms with Crippen LogP contribution in [0.4, 0.5) is 0 Å². The molecule has 0 aliphatic carbocycles. The van der Waals surface area contributed by atoms with E-state index < -0.39 is 0 Å². The Morgan fingerprint density at radius 2 is 1.82 bits per heavy atom. The highest BCUT2D eigenvalue weighted by Crippen LogP contribution is 2.33. The van der Waals surface area contributed by atoms with Crippen molar-refractivity contribution in [1.29, 1.82) is 0 Å². The van der Waals surface area contributed by atoms with Crippen molar-refractivity contribution in [2.45, 2.75) is 71.6 Å². The first-order chi connectivity index (χ1) is 8.12. The van der Waals surface area contributed by atoms with E-state index >= 15 is 0 Å². The second kappa shape index (κ2) is 6.83. The molecule has 0 aliphatic heterocycles. The fourth-order valence-electron chi connectivity index (χ4n) is 2.49. The van der Waals surface area contributed by atoms with Crippen LogP contribution in [-0.2, 0) is 5.41 Å². The topological polar surface area (TPSA) is 0 Å². The molecule has 0 radical (unpaired) electrons. The molecule has 0 amide bonds. The standard InChI is InChI=1S/C17H28/c1-5-7-8-9-13-17(4,6-2)16-12-10-11-15(3)14-16/h10-12,14H,5-9,13H2,1-4H3. The number of hydrogen-bond donors (Lipinski definition) is 0. The van der Waals surface area contributed by atoms with Gasteiger partial charge in [0.05, 0.1) is 0 Å². The highest BCUT2D eigenvalue weighted by molar-refractivity contribution is 5.28. The predicted octanol–water partition coefficient (Wildman–Crippen LogP) is 5.63. The van der Waals surface area contributed by atoms with Crippen molar-refractivity contribution in [3.8, 4) is 0 Å². The number of hydrogen-bond acceptors (Lipinski definition) is 0. The van der Waals surface area contributed by atoms with E-state index in [1.807, 2.05) is 0 Å². The van der Waals surface area contributed by atoms with Crippen LogP contribution in [0.2, 0.25) is 0 Å². The number of unbranched alkanes of at least 4 members (excludes halogenated alkanes) is 3. The summed E-state index contributed by atoms with van der Waals surface area (Å²) in [6.07, 6.45) is 8.03. The molecule has 17 heavy (non-hydrogen) atoms. The van der Waals surface area contributed by atoms with Crippen molar-refractivity contribution in [1.82, 2.24) is 0 Å². The molecule has 0 nitrogen and oxygen atoms in total. The van der Waals surface area contributed by atoms with Crippen LogP contribution in [0.15, 0.2) is 24.3 Å². The molecule has 0 heterocycles. The van der Waals surface area contributed by atoms with Crippen molar-refractivity contribution in [2.24, 2.45) is 0 Å². The Balaban J connectivity index is 2.67. The van der Waals surface area contributed by atoms with Gasteiger partial charge in [-0.25, -0.2) is 0 Å². The van der Waals surface area contributed by atoms with Crippen LogP contribution in [0, 0.1) is 6.92 Å². The Morgan fingerprint density at radius 1 is 1.06 bits per heavy atom. The SMILES string of the molecule is CCCCCCC(C)(CC)c1cccc(C)c1. The van der Waals surface area contributed by atoms with Gasteiger partial charge in [-0.2, -0.15) is 0 Å². The third-order valence-corrected chi connectivity index (χ3v) is 4.08. The Morgan fingerprint density at radius 3 is 2.41 bits per heavy atom. The maximum absolute atomic E-state index is 2.42. The van der Waals surface area contributed by atoms with Crippen LogP contribution < -0.4 is 0 Å². The number of rotatable bonds is 7. The van der Waals surface area contributed by atoms with Crippen molar-refractivity contribution in [2.75, 3.05) is 0 Å². The molecule has 0 saturated carbocycles. The highest BCUT2D eigenvalue weighted by atomic mass is 14.3. The molecule has 1 atom stereocenters. The van der Waals surface area contributed by atoms with Gasteiger partial charge in [0.2, 0.25) is 0 Å². The maximum atomic E-state index is 2.42. The van der Waals surface area contributed by atoms with Gasteiger partial charge in [-0.15, -0.1) is 0 Å². The molecule has 0 aromatic heterocycles. The van der Waals surface area contributed by atoms with Crippen LogP contribution in [0.1, 0.15) is 70.4 Å². The maximum Gasteiger partial charge on any atom is -0.00778 e. The average Bonchev–Trinajstić information content (AvgIpc) is 2.34. The van der Waals surface area contributed by atoms with E-state index in [1.165, 1.54) is 49.7 Å². The van der Waals surface area contributed by atoms with Gasteiger partial charge in [0, 0.05) is 0 Å². The minimum Gasteiger partial charge on any atom is -0.0654 e. The van der Waals surface area contributed by atoms with Gasteiger partial charge >= 0.3 is 0 Å². The molecule has 0 bridgehead atoms. The third kappa shape index (κ3) is 4.18. The lowest BCUT2D eigenvalue weighted by Crippen LogP contribution is -2.20. The number of benzene rings is 1. The summed E-state index contributed by atoms with van der Waals surface area (Å²) in [5.74, 6) is 0. The molecular weight excluding hydrogens is 204 g/mol. The van der Waals surface area contributed by atoms with Crippen LogP contribution in [0.3, 0.4) is 0 Å². The molecule has 0 spiro atoms. The molecule has 0 saturated heterocycles. The van der Waals surface area contributed by atoms with Crippen LogP contribution in [0.5, 0.6) is 0 Å². The zero-order valence-electron chi connectivity index (χ0n) is 12.1. The Bertz CT molecular complexity index is 327. The average molecular weight is 232 g/mol. The monoisotopic (exact) mass is 232 g/mol. The summed E-state index contributed by atoms with van der Waals surface area (Å²) in [5.41, 5.74) is 3.28. The second-order valence-corrected chi connectivity index (χ2v) is 5.59. The van der Waals surface area contributed by atoms with Gasteiger partial charge in [0.15, 0.2) is 0 Å². The lowest BCUT2D eigenvalue weighted by molar-refractivity contribution is 0.396. The van der Waals surface area contributed by atoms with E-state index in [9.17, 15) is 0 Å². The van der Waals surface area contributed by atoms with Crippen molar-refractivity contribution in [3.05, 3.63) is 35.4 Å². The van der Waals surface area contributed by atoms with Crippen LogP contribution >= 0.6 is 0 Å². The molecule has 1 unspecified atom stereocenters. The van der Waals surface area contributed by atoms with Crippen molar-refractivity contribution < 1.29 is 0 Å². The quantitative estimate of drug-likeness (QED) is 0.534. The molecule has 1 aromatic carbocycles. The summed E-state index contributed by atoms with van der Waals surface area (Å²) >= 11 is 0. The minimum atomic E-state index is 0.375. The van der Waals surface area contributed by atoms with Gasteiger partial charge in [-0.1, -0.05) is 76.3 Å². The van der Waals surface area contributed by atoms with Gasteiger partial charge < -0.3 is 0 Å². The van der Waals surface area contributed by atoms with E-state index in [4.69, 9.17) is 0 Å². The lowest BCUT2D eigenvalue weighted by Gasteiger charge is -2.29. The highest BCUT2D eigenvalue weighted by Gasteiger charge is 2.23. The molecule has 96 valence electrons. The molecule has 0 heteroatoms. The van der Waals surface area contributed by atoms with Crippen molar-refractivity contribution in [3.63, 3.8) is 0 Å². The molecule has 1 rings (SSSR count). The minimum absolute atomic E-state index is 0.375. The summed E-state index contributed by atoms with van der Waals surface area (Å²) in [6, 6.07) is 9.06. The molecular formula is C17H28. The lowest BCUT2D eigenvalue weighted by atomic mass is 9.75. The second-order valence-electron chi connectivity index (χ2n) is 5.59. The van der Waals surface area contributed by atoms with E-state index in [0.29, 0.717) is 5.41 Å². The van der Waals surface area contributed by atoms with E-state index in [0.717, 1.165) is 0 Å². The largest absolute Gasteiger partial charge is 0.0654 e. The smallest absolute Gasteiger partial charge is 0.00778 e. The number of aryl methyl sites for hydroxylation is 1. The summed E-state index contributed by atoms with van der Waals surface area (Å²) in [5, 5.41) is 0. The summed E-state index contributed by atoms with van der Waals surface area (Å²) < 4.78 is 0. The summed E-state index contributed by atoms with van der Waals surface area (Å²) in [6.45, 7) is 9.21. The van der Waals surface area contributed by atoms with Gasteiger partial charge in [-0.3, -0.25) is 0 Å². The van der Waals surface area contributed by atoms with Crippen LogP contribution in [-0.4, -0.2) is 0 Å². The summed E-state index contributed by atoms with van der Waals surface area (Å²) in [7, 11) is 0. The van der Waals surface area contributed by atoms with Gasteiger partial charge in [-0.05, 0) is 30.7 Å². The fraction of sp³-hybridized carbons (Fsp3) is 0.647. The predicted molar refractivity (Wildman–Crippen MR) is 77.6 cm³/mol. The van der Waals surface area contributed by atoms with E-state index in [1.54, 1.807) is 0 Å². The molecule has 0 aliphatic rings. The first-order valence-corrected chi connectivity index (χ1v) is 7.19.